The SMILES string of the molecule is COCC(=O)Nc1ccc2nc(N3CCN(CC(=O)NC(C)C)CC3)cc(C(=O)O)c2c1. The predicted molar refractivity (Wildman–Crippen MR) is 121 cm³/mol. The minimum Gasteiger partial charge on any atom is -0.478 e. The molecule has 2 aromatic rings. The number of methoxy groups -OCH3 is 1. The van der Waals surface area contributed by atoms with E-state index < -0.39 is 5.97 Å². The second-order valence-electron chi connectivity index (χ2n) is 8.03. The lowest BCUT2D eigenvalue weighted by Crippen LogP contribution is -2.50. The zero-order valence-corrected chi connectivity index (χ0v) is 18.6. The highest BCUT2D eigenvalue weighted by Gasteiger charge is 2.22. The van der Waals surface area contributed by atoms with Gasteiger partial charge in [0.2, 0.25) is 11.8 Å². The van der Waals surface area contributed by atoms with Crippen LogP contribution in [0.5, 0.6) is 0 Å². The van der Waals surface area contributed by atoms with Crippen molar-refractivity contribution in [1.82, 2.24) is 15.2 Å². The van der Waals surface area contributed by atoms with Crippen LogP contribution in [0.25, 0.3) is 10.9 Å². The summed E-state index contributed by atoms with van der Waals surface area (Å²) in [5.41, 5.74) is 1.12. The summed E-state index contributed by atoms with van der Waals surface area (Å²) in [5.74, 6) is -0.813. The number of carboxylic acid groups (broad SMARTS) is 1. The number of nitrogens with one attached hydrogen (secondary N) is 2. The molecule has 10 heteroatoms. The van der Waals surface area contributed by atoms with Gasteiger partial charge in [-0.25, -0.2) is 9.78 Å². The molecular formula is C22H29N5O5. The molecule has 0 spiro atoms. The molecule has 10 nitrogen and oxygen atoms in total. The number of fused-ring (bicyclic) bond motifs is 1. The number of hydrogen-bond acceptors (Lipinski definition) is 7. The van der Waals surface area contributed by atoms with E-state index in [1.807, 2.05) is 18.7 Å². The molecule has 0 bridgehead atoms. The molecule has 172 valence electrons. The van der Waals surface area contributed by atoms with Gasteiger partial charge in [-0.2, -0.15) is 0 Å². The summed E-state index contributed by atoms with van der Waals surface area (Å²) >= 11 is 0. The average Bonchev–Trinajstić information content (AvgIpc) is 2.73. The molecule has 1 fully saturated rings. The van der Waals surface area contributed by atoms with Crippen molar-refractivity contribution in [1.29, 1.82) is 0 Å². The van der Waals surface area contributed by atoms with Crippen LogP contribution in [0.4, 0.5) is 11.5 Å². The Labute approximate surface area is 186 Å². The van der Waals surface area contributed by atoms with Crippen molar-refractivity contribution < 1.29 is 24.2 Å². The molecule has 2 amide bonds. The smallest absolute Gasteiger partial charge is 0.336 e. The number of aromatic carboxylic acids is 1. The fourth-order valence-corrected chi connectivity index (χ4v) is 3.66. The van der Waals surface area contributed by atoms with Gasteiger partial charge in [-0.15, -0.1) is 0 Å². The lowest BCUT2D eigenvalue weighted by atomic mass is 10.1. The van der Waals surface area contributed by atoms with E-state index in [4.69, 9.17) is 4.74 Å². The number of aromatic nitrogens is 1. The fourth-order valence-electron chi connectivity index (χ4n) is 3.66. The van der Waals surface area contributed by atoms with Crippen LogP contribution in [0, 0.1) is 0 Å². The van der Waals surface area contributed by atoms with Gasteiger partial charge in [0.15, 0.2) is 0 Å². The first kappa shape index (κ1) is 23.4. The minimum atomic E-state index is -1.07. The maximum atomic E-state index is 12.0. The second-order valence-corrected chi connectivity index (χ2v) is 8.03. The van der Waals surface area contributed by atoms with E-state index in [2.05, 4.69) is 20.5 Å². The monoisotopic (exact) mass is 443 g/mol. The number of hydrogen-bond donors (Lipinski definition) is 3. The molecule has 0 unspecified atom stereocenters. The van der Waals surface area contributed by atoms with Gasteiger partial charge in [0, 0.05) is 50.4 Å². The Hall–Kier alpha value is -3.24. The van der Waals surface area contributed by atoms with Crippen LogP contribution >= 0.6 is 0 Å². The van der Waals surface area contributed by atoms with Crippen molar-refractivity contribution >= 4 is 40.2 Å². The normalized spacial score (nSPS) is 14.6. The quantitative estimate of drug-likeness (QED) is 0.555. The minimum absolute atomic E-state index is 0.00108. The van der Waals surface area contributed by atoms with Gasteiger partial charge in [0.05, 0.1) is 17.6 Å². The van der Waals surface area contributed by atoms with E-state index in [-0.39, 0.29) is 30.0 Å². The average molecular weight is 444 g/mol. The number of ether oxygens (including phenoxy) is 1. The molecular weight excluding hydrogens is 414 g/mol. The first-order valence-corrected chi connectivity index (χ1v) is 10.5. The van der Waals surface area contributed by atoms with Crippen LogP contribution < -0.4 is 15.5 Å². The Bertz CT molecular complexity index is 1000. The summed E-state index contributed by atoms with van der Waals surface area (Å²) in [6.07, 6.45) is 0. The van der Waals surface area contributed by atoms with E-state index in [9.17, 15) is 19.5 Å². The maximum Gasteiger partial charge on any atom is 0.336 e. The van der Waals surface area contributed by atoms with Crippen LogP contribution in [0.2, 0.25) is 0 Å². The number of carboxylic acids is 1. The number of benzene rings is 1. The second kappa shape index (κ2) is 10.4. The molecule has 0 aliphatic carbocycles. The molecule has 1 aromatic heterocycles. The molecule has 0 saturated carbocycles. The van der Waals surface area contributed by atoms with Crippen molar-refractivity contribution in [3.63, 3.8) is 0 Å². The van der Waals surface area contributed by atoms with Crippen LogP contribution in [0.3, 0.4) is 0 Å². The summed E-state index contributed by atoms with van der Waals surface area (Å²) in [5, 5.41) is 15.8. The lowest BCUT2D eigenvalue weighted by molar-refractivity contribution is -0.123. The maximum absolute atomic E-state index is 12.0. The Morgan fingerprint density at radius 2 is 1.84 bits per heavy atom. The summed E-state index contributed by atoms with van der Waals surface area (Å²) in [6.45, 7) is 6.74. The standard InChI is InChI=1S/C22H29N5O5/c1-14(2)23-20(28)12-26-6-8-27(9-7-26)19-11-17(22(30)31)16-10-15(4-5-18(16)25-19)24-21(29)13-32-3/h4-5,10-11,14H,6-9,12-13H2,1-3H3,(H,23,28)(H,24,29)(H,30,31). The zero-order valence-electron chi connectivity index (χ0n) is 18.6. The predicted octanol–water partition coefficient (Wildman–Crippen LogP) is 1.16. The largest absolute Gasteiger partial charge is 0.478 e. The van der Waals surface area contributed by atoms with E-state index >= 15 is 0 Å². The van der Waals surface area contributed by atoms with Gasteiger partial charge >= 0.3 is 5.97 Å². The fraction of sp³-hybridized carbons (Fsp3) is 0.455. The van der Waals surface area contributed by atoms with Crippen LogP contribution in [-0.2, 0) is 14.3 Å². The van der Waals surface area contributed by atoms with Gasteiger partial charge in [-0.3, -0.25) is 14.5 Å². The summed E-state index contributed by atoms with van der Waals surface area (Å²) in [4.78, 5) is 44.5. The zero-order chi connectivity index (χ0) is 23.3. The van der Waals surface area contributed by atoms with Gasteiger partial charge in [-0.05, 0) is 38.1 Å². The number of amides is 2. The first-order valence-electron chi connectivity index (χ1n) is 10.5. The lowest BCUT2D eigenvalue weighted by Gasteiger charge is -2.35. The first-order chi connectivity index (χ1) is 15.3. The molecule has 1 aliphatic heterocycles. The Kier molecular flexibility index (Phi) is 7.60. The third kappa shape index (κ3) is 5.92. The van der Waals surface area contributed by atoms with Crippen molar-refractivity contribution in [3.8, 4) is 0 Å². The van der Waals surface area contributed by atoms with Gasteiger partial charge in [-0.1, -0.05) is 0 Å². The van der Waals surface area contributed by atoms with Crippen LogP contribution in [0.1, 0.15) is 24.2 Å². The van der Waals surface area contributed by atoms with E-state index in [1.54, 1.807) is 24.3 Å². The summed E-state index contributed by atoms with van der Waals surface area (Å²) < 4.78 is 4.80. The molecule has 2 heterocycles. The molecule has 32 heavy (non-hydrogen) atoms. The van der Waals surface area contributed by atoms with E-state index in [1.165, 1.54) is 7.11 Å². The number of nitrogens with zero attached hydrogens (tertiary/aromatic N) is 3. The molecule has 0 atom stereocenters. The van der Waals surface area contributed by atoms with Crippen molar-refractivity contribution in [2.45, 2.75) is 19.9 Å². The highest BCUT2D eigenvalue weighted by Crippen LogP contribution is 2.26. The van der Waals surface area contributed by atoms with Crippen LogP contribution in [0.15, 0.2) is 24.3 Å². The summed E-state index contributed by atoms with van der Waals surface area (Å²) in [7, 11) is 1.42. The number of piperazine rings is 1. The Morgan fingerprint density at radius 1 is 1.12 bits per heavy atom. The molecule has 0 radical (unpaired) electrons. The Morgan fingerprint density at radius 3 is 2.47 bits per heavy atom. The number of carbonyl (C=O) groups excluding carboxylic acids is 2. The van der Waals surface area contributed by atoms with Crippen LogP contribution in [-0.4, -0.2) is 85.3 Å². The van der Waals surface area contributed by atoms with Crippen molar-refractivity contribution in [3.05, 3.63) is 29.8 Å². The third-order valence-corrected chi connectivity index (χ3v) is 5.10. The topological polar surface area (TPSA) is 124 Å². The third-order valence-electron chi connectivity index (χ3n) is 5.10. The molecule has 1 aliphatic rings. The van der Waals surface area contributed by atoms with Gasteiger partial charge in [0.25, 0.3) is 0 Å². The molecule has 3 N–H and O–H groups in total. The van der Waals surface area contributed by atoms with Gasteiger partial charge < -0.3 is 25.4 Å². The van der Waals surface area contributed by atoms with E-state index in [0.717, 1.165) is 0 Å². The highest BCUT2D eigenvalue weighted by molar-refractivity contribution is 6.05. The number of carbonyl (C=O) groups is 3. The number of pyridine rings is 1. The van der Waals surface area contributed by atoms with Crippen molar-refractivity contribution in [2.75, 3.05) is 56.7 Å². The van der Waals surface area contributed by atoms with E-state index in [0.29, 0.717) is 55.1 Å². The van der Waals surface area contributed by atoms with Crippen molar-refractivity contribution in [2.24, 2.45) is 0 Å². The molecule has 3 rings (SSSR count). The Balaban J connectivity index is 1.76. The summed E-state index contributed by atoms with van der Waals surface area (Å²) in [6, 6.07) is 6.65. The number of anilines is 2. The molecule has 1 aromatic carbocycles. The molecule has 1 saturated heterocycles. The van der Waals surface area contributed by atoms with Gasteiger partial charge in [0.1, 0.15) is 12.4 Å². The number of rotatable bonds is 8. The highest BCUT2D eigenvalue weighted by atomic mass is 16.5.